The molecule has 0 radical (unpaired) electrons. The van der Waals surface area contributed by atoms with Crippen LogP contribution in [0, 0.1) is 0 Å². The first kappa shape index (κ1) is 11.1. The monoisotopic (exact) mass is 224 g/mol. The lowest BCUT2D eigenvalue weighted by molar-refractivity contribution is -0.116. The lowest BCUT2D eigenvalue weighted by Crippen LogP contribution is -2.14. The molecule has 1 aliphatic rings. The van der Waals surface area contributed by atoms with Crippen molar-refractivity contribution in [3.8, 4) is 0 Å². The summed E-state index contributed by atoms with van der Waals surface area (Å²) in [5.74, 6) is 0.771. The Bertz CT molecular complexity index is 356. The molecule has 0 bridgehead atoms. The lowest BCUT2D eigenvalue weighted by Gasteiger charge is -2.19. The number of rotatable bonds is 3. The minimum absolute atomic E-state index is 0.0605. The van der Waals surface area contributed by atoms with Crippen LogP contribution in [0.4, 0.5) is 5.88 Å². The first-order valence-corrected chi connectivity index (χ1v) is 5.63. The van der Waals surface area contributed by atoms with Crippen LogP contribution in [0.25, 0.3) is 0 Å². The van der Waals surface area contributed by atoms with Gasteiger partial charge in [-0.2, -0.15) is 0 Å². The number of hydrogen-bond acceptors (Lipinski definition) is 4. The smallest absolute Gasteiger partial charge is 0.231 e. The number of anilines is 1. The molecule has 0 unspecified atom stereocenters. The minimum atomic E-state index is -0.0605. The van der Waals surface area contributed by atoms with Crippen LogP contribution in [-0.4, -0.2) is 24.3 Å². The highest BCUT2D eigenvalue weighted by Crippen LogP contribution is 2.27. The van der Waals surface area contributed by atoms with Gasteiger partial charge in [0.05, 0.1) is 5.69 Å². The Morgan fingerprint density at radius 2 is 2.31 bits per heavy atom. The molecule has 0 aromatic carbocycles. The van der Waals surface area contributed by atoms with Gasteiger partial charge in [0.25, 0.3) is 0 Å². The van der Waals surface area contributed by atoms with Crippen molar-refractivity contribution in [3.05, 3.63) is 11.8 Å². The van der Waals surface area contributed by atoms with Gasteiger partial charge >= 0.3 is 0 Å². The fourth-order valence-electron chi connectivity index (χ4n) is 1.76. The van der Waals surface area contributed by atoms with E-state index in [0.717, 1.165) is 31.7 Å². The van der Waals surface area contributed by atoms with Crippen molar-refractivity contribution in [2.45, 2.75) is 32.1 Å². The summed E-state index contributed by atoms with van der Waals surface area (Å²) < 4.78 is 10.3. The molecule has 88 valence electrons. The van der Waals surface area contributed by atoms with Crippen LogP contribution in [0.2, 0.25) is 0 Å². The summed E-state index contributed by atoms with van der Waals surface area (Å²) >= 11 is 0. The highest BCUT2D eigenvalue weighted by molar-refractivity contribution is 5.89. The molecule has 2 rings (SSSR count). The van der Waals surface area contributed by atoms with Gasteiger partial charge in [-0.05, 0) is 12.8 Å². The molecule has 1 aliphatic heterocycles. The molecule has 1 fully saturated rings. The van der Waals surface area contributed by atoms with Crippen molar-refractivity contribution in [3.63, 3.8) is 0 Å². The Labute approximate surface area is 94.1 Å². The predicted molar refractivity (Wildman–Crippen MR) is 58.2 cm³/mol. The second-order valence-corrected chi connectivity index (χ2v) is 3.90. The maximum Gasteiger partial charge on any atom is 0.231 e. The maximum absolute atomic E-state index is 11.1. The minimum Gasteiger partial charge on any atom is -0.381 e. The number of ether oxygens (including phenoxy) is 1. The van der Waals surface area contributed by atoms with Gasteiger partial charge in [0.1, 0.15) is 0 Å². The van der Waals surface area contributed by atoms with E-state index >= 15 is 0 Å². The third-order valence-electron chi connectivity index (χ3n) is 2.75. The number of carbonyl (C=O) groups is 1. The van der Waals surface area contributed by atoms with E-state index in [4.69, 9.17) is 9.26 Å². The Kier molecular flexibility index (Phi) is 3.56. The molecule has 0 spiro atoms. The first-order chi connectivity index (χ1) is 7.79. The normalized spacial score (nSPS) is 17.3. The molecule has 1 aromatic heterocycles. The summed E-state index contributed by atoms with van der Waals surface area (Å²) in [4.78, 5) is 11.1. The van der Waals surface area contributed by atoms with Crippen molar-refractivity contribution < 1.29 is 14.1 Å². The molecule has 1 amide bonds. The molecule has 2 heterocycles. The van der Waals surface area contributed by atoms with Crippen molar-refractivity contribution >= 4 is 11.8 Å². The van der Waals surface area contributed by atoms with E-state index < -0.39 is 0 Å². The van der Waals surface area contributed by atoms with Crippen LogP contribution in [0.15, 0.2) is 10.6 Å². The van der Waals surface area contributed by atoms with E-state index in [-0.39, 0.29) is 5.91 Å². The Morgan fingerprint density at radius 3 is 3.00 bits per heavy atom. The van der Waals surface area contributed by atoms with Crippen molar-refractivity contribution in [2.75, 3.05) is 18.5 Å². The molecule has 0 atom stereocenters. The predicted octanol–water partition coefficient (Wildman–Crippen LogP) is 1.92. The van der Waals surface area contributed by atoms with Gasteiger partial charge < -0.3 is 9.26 Å². The number of aromatic nitrogens is 1. The third-order valence-corrected chi connectivity index (χ3v) is 2.75. The Morgan fingerprint density at radius 1 is 1.56 bits per heavy atom. The van der Waals surface area contributed by atoms with Crippen LogP contribution in [-0.2, 0) is 9.53 Å². The van der Waals surface area contributed by atoms with Crippen LogP contribution in [0.3, 0.4) is 0 Å². The molecule has 1 saturated heterocycles. The third kappa shape index (κ3) is 2.61. The average molecular weight is 224 g/mol. The number of nitrogens with one attached hydrogen (secondary N) is 1. The Balaban J connectivity index is 1.98. The molecule has 0 aliphatic carbocycles. The molecular formula is C11H16N2O3. The van der Waals surface area contributed by atoms with E-state index in [1.165, 1.54) is 0 Å². The molecule has 16 heavy (non-hydrogen) atoms. The summed E-state index contributed by atoms with van der Waals surface area (Å²) in [6.45, 7) is 3.34. The summed E-state index contributed by atoms with van der Waals surface area (Å²) in [5.41, 5.74) is 0.912. The Hall–Kier alpha value is -1.36. The van der Waals surface area contributed by atoms with E-state index in [9.17, 15) is 4.79 Å². The van der Waals surface area contributed by atoms with Crippen molar-refractivity contribution in [2.24, 2.45) is 0 Å². The summed E-state index contributed by atoms with van der Waals surface area (Å²) in [7, 11) is 0. The second kappa shape index (κ2) is 5.12. The number of hydrogen-bond donors (Lipinski definition) is 1. The zero-order valence-electron chi connectivity index (χ0n) is 9.36. The molecule has 5 heteroatoms. The van der Waals surface area contributed by atoms with Gasteiger partial charge in [0.2, 0.25) is 11.8 Å². The van der Waals surface area contributed by atoms with Crippen LogP contribution >= 0.6 is 0 Å². The second-order valence-electron chi connectivity index (χ2n) is 3.90. The van der Waals surface area contributed by atoms with Gasteiger partial charge in [-0.3, -0.25) is 10.1 Å². The number of nitrogens with zero attached hydrogens (tertiary/aromatic N) is 1. The largest absolute Gasteiger partial charge is 0.381 e. The highest BCUT2D eigenvalue weighted by Gasteiger charge is 2.20. The van der Waals surface area contributed by atoms with Gasteiger partial charge in [0, 0.05) is 31.6 Å². The molecular weight excluding hydrogens is 208 g/mol. The van der Waals surface area contributed by atoms with Gasteiger partial charge in [-0.25, -0.2) is 0 Å². The molecule has 1 N–H and O–H groups in total. The van der Waals surface area contributed by atoms with Crippen LogP contribution < -0.4 is 5.32 Å². The van der Waals surface area contributed by atoms with E-state index in [2.05, 4.69) is 10.5 Å². The zero-order valence-corrected chi connectivity index (χ0v) is 9.36. The fourth-order valence-corrected chi connectivity index (χ4v) is 1.76. The van der Waals surface area contributed by atoms with Gasteiger partial charge in [0.15, 0.2) is 0 Å². The van der Waals surface area contributed by atoms with Gasteiger partial charge in [-0.1, -0.05) is 12.1 Å². The summed E-state index contributed by atoms with van der Waals surface area (Å²) in [6, 6.07) is 1.81. The summed E-state index contributed by atoms with van der Waals surface area (Å²) in [5, 5.41) is 6.63. The number of carbonyl (C=O) groups excluding carboxylic acids is 1. The van der Waals surface area contributed by atoms with Crippen molar-refractivity contribution in [1.82, 2.24) is 5.16 Å². The standard InChI is InChI=1S/C11H16N2O3/c1-2-10(14)12-11-7-9(13-16-11)8-3-5-15-6-4-8/h7-8H,2-6H2,1H3,(H,12,14). The quantitative estimate of drug-likeness (QED) is 0.851. The topological polar surface area (TPSA) is 64.4 Å². The van der Waals surface area contributed by atoms with Crippen LogP contribution in [0.1, 0.15) is 37.8 Å². The SMILES string of the molecule is CCC(=O)Nc1cc(C2CCOCC2)no1. The maximum atomic E-state index is 11.1. The summed E-state index contributed by atoms with van der Waals surface area (Å²) in [6.07, 6.45) is 2.37. The zero-order chi connectivity index (χ0) is 11.4. The molecule has 5 nitrogen and oxygen atoms in total. The lowest BCUT2D eigenvalue weighted by atomic mass is 9.97. The van der Waals surface area contributed by atoms with Gasteiger partial charge in [-0.15, -0.1) is 0 Å². The fraction of sp³-hybridized carbons (Fsp3) is 0.636. The van der Waals surface area contributed by atoms with E-state index in [0.29, 0.717) is 18.2 Å². The molecule has 1 aromatic rings. The van der Waals surface area contributed by atoms with E-state index in [1.54, 1.807) is 6.92 Å². The molecule has 0 saturated carbocycles. The number of amides is 1. The van der Waals surface area contributed by atoms with Crippen molar-refractivity contribution in [1.29, 1.82) is 0 Å². The van der Waals surface area contributed by atoms with Crippen LogP contribution in [0.5, 0.6) is 0 Å². The first-order valence-electron chi connectivity index (χ1n) is 5.63. The van der Waals surface area contributed by atoms with E-state index in [1.807, 2.05) is 6.07 Å². The highest BCUT2D eigenvalue weighted by atomic mass is 16.5. The average Bonchev–Trinajstić information content (AvgIpc) is 2.78.